The normalized spacial score (nSPS) is 16.7. The van der Waals surface area contributed by atoms with Crippen LogP contribution in [0.1, 0.15) is 0 Å². The number of nitrogens with one attached hydrogen (secondary N) is 1. The van der Waals surface area contributed by atoms with Crippen LogP contribution < -0.4 is 16.2 Å². The average Bonchev–Trinajstić information content (AvgIpc) is 2.41. The van der Waals surface area contributed by atoms with Gasteiger partial charge in [0.25, 0.3) is 0 Å². The second-order valence-corrected chi connectivity index (χ2v) is 5.14. The summed E-state index contributed by atoms with van der Waals surface area (Å²) < 4.78 is 0. The van der Waals surface area contributed by atoms with Crippen LogP contribution in [0.25, 0.3) is 0 Å². The molecule has 0 radical (unpaired) electrons. The third kappa shape index (κ3) is 3.40. The van der Waals surface area contributed by atoms with Crippen LogP contribution in [0.3, 0.4) is 0 Å². The Morgan fingerprint density at radius 3 is 2.53 bits per heavy atom. The van der Waals surface area contributed by atoms with Crippen molar-refractivity contribution in [3.8, 4) is 0 Å². The van der Waals surface area contributed by atoms with Crippen LogP contribution in [-0.2, 0) is 0 Å². The van der Waals surface area contributed by atoms with E-state index in [9.17, 15) is 0 Å². The summed E-state index contributed by atoms with van der Waals surface area (Å²) in [6, 6.07) is 1.64. The van der Waals surface area contributed by atoms with Crippen molar-refractivity contribution in [2.24, 2.45) is 5.84 Å². The molecule has 19 heavy (non-hydrogen) atoms. The van der Waals surface area contributed by atoms with E-state index < -0.39 is 0 Å². The summed E-state index contributed by atoms with van der Waals surface area (Å²) in [6.45, 7) is 4.22. The summed E-state index contributed by atoms with van der Waals surface area (Å²) in [5.41, 5.74) is 2.46. The molecule has 0 atom stereocenters. The molecule has 1 aliphatic rings. The Morgan fingerprint density at radius 1 is 1.26 bits per heavy atom. The van der Waals surface area contributed by atoms with Gasteiger partial charge in [0.15, 0.2) is 5.82 Å². The molecule has 0 amide bonds. The van der Waals surface area contributed by atoms with Gasteiger partial charge in [0.05, 0.1) is 16.7 Å². The van der Waals surface area contributed by atoms with Gasteiger partial charge in [-0.25, -0.2) is 10.8 Å². The van der Waals surface area contributed by atoms with Crippen LogP contribution in [0.15, 0.2) is 6.07 Å². The largest absolute Gasteiger partial charge is 0.395 e. The number of β-amino-alcohol motifs (C(OH)–C–C–N with tert-alkyl or cyclic N) is 1. The molecule has 0 unspecified atom stereocenters. The second kappa shape index (κ2) is 6.58. The molecule has 6 nitrogen and oxygen atoms in total. The molecule has 106 valence electrons. The Labute approximate surface area is 122 Å². The summed E-state index contributed by atoms with van der Waals surface area (Å²) in [7, 11) is 0. The molecule has 4 N–H and O–H groups in total. The Morgan fingerprint density at radius 2 is 1.95 bits per heavy atom. The van der Waals surface area contributed by atoms with Crippen molar-refractivity contribution in [1.82, 2.24) is 9.88 Å². The number of hydrazine groups is 1. The maximum absolute atomic E-state index is 8.92. The zero-order valence-electron chi connectivity index (χ0n) is 10.4. The van der Waals surface area contributed by atoms with Crippen LogP contribution in [0.4, 0.5) is 11.6 Å². The number of hydrogen-bond acceptors (Lipinski definition) is 6. The number of aliphatic hydroxyl groups is 1. The number of nitrogens with two attached hydrogens (primary N) is 1. The van der Waals surface area contributed by atoms with Gasteiger partial charge >= 0.3 is 0 Å². The number of aliphatic hydroxyl groups excluding tert-OH is 1. The maximum Gasteiger partial charge on any atom is 0.161 e. The van der Waals surface area contributed by atoms with Crippen LogP contribution in [-0.4, -0.2) is 54.3 Å². The maximum atomic E-state index is 8.92. The van der Waals surface area contributed by atoms with Gasteiger partial charge in [-0.1, -0.05) is 23.2 Å². The summed E-state index contributed by atoms with van der Waals surface area (Å²) in [4.78, 5) is 8.63. The summed E-state index contributed by atoms with van der Waals surface area (Å²) in [5, 5.41) is 9.83. The van der Waals surface area contributed by atoms with Gasteiger partial charge in [-0.3, -0.25) is 4.90 Å². The number of piperazine rings is 1. The number of rotatable bonds is 4. The first-order valence-corrected chi connectivity index (χ1v) is 6.82. The second-order valence-electron chi connectivity index (χ2n) is 4.32. The van der Waals surface area contributed by atoms with Crippen LogP contribution in [0.2, 0.25) is 10.0 Å². The molecule has 0 saturated carbocycles. The van der Waals surface area contributed by atoms with Gasteiger partial charge < -0.3 is 15.4 Å². The van der Waals surface area contributed by atoms with Gasteiger partial charge in [0.1, 0.15) is 5.82 Å². The fraction of sp³-hybridized carbons (Fsp3) is 0.545. The number of halogens is 2. The van der Waals surface area contributed by atoms with Crippen molar-refractivity contribution in [3.05, 3.63) is 16.1 Å². The van der Waals surface area contributed by atoms with Crippen LogP contribution in [0, 0.1) is 0 Å². The van der Waals surface area contributed by atoms with E-state index in [4.69, 9.17) is 34.2 Å². The first-order valence-electron chi connectivity index (χ1n) is 6.06. The molecule has 0 aliphatic carbocycles. The standard InChI is InChI=1S/C11H17Cl2N5O/c12-8-7-9(13)11(15-10(8)16-14)18-3-1-17(2-4-18)5-6-19/h7,19H,1-6,14H2,(H,15,16). The minimum absolute atomic E-state index is 0.182. The van der Waals surface area contributed by atoms with Crippen molar-refractivity contribution >= 4 is 34.8 Å². The molecule has 1 aromatic rings. The number of anilines is 2. The van der Waals surface area contributed by atoms with Crippen molar-refractivity contribution in [2.75, 3.05) is 49.7 Å². The molecule has 0 bridgehead atoms. The molecular weight excluding hydrogens is 289 g/mol. The highest BCUT2D eigenvalue weighted by Gasteiger charge is 2.20. The van der Waals surface area contributed by atoms with E-state index in [2.05, 4.69) is 20.2 Å². The topological polar surface area (TPSA) is 77.7 Å². The van der Waals surface area contributed by atoms with E-state index in [1.807, 2.05) is 0 Å². The Kier molecular flexibility index (Phi) is 5.06. The lowest BCUT2D eigenvalue weighted by Gasteiger charge is -2.35. The molecule has 1 saturated heterocycles. The van der Waals surface area contributed by atoms with Crippen molar-refractivity contribution in [3.63, 3.8) is 0 Å². The van der Waals surface area contributed by atoms with E-state index in [0.717, 1.165) is 26.2 Å². The van der Waals surface area contributed by atoms with Crippen molar-refractivity contribution in [2.45, 2.75) is 0 Å². The highest BCUT2D eigenvalue weighted by atomic mass is 35.5. The van der Waals surface area contributed by atoms with E-state index in [0.29, 0.717) is 28.2 Å². The highest BCUT2D eigenvalue weighted by Crippen LogP contribution is 2.31. The predicted octanol–water partition coefficient (Wildman–Crippen LogP) is 0.788. The van der Waals surface area contributed by atoms with Gasteiger partial charge in [-0.15, -0.1) is 0 Å². The Balaban J connectivity index is 2.11. The van der Waals surface area contributed by atoms with E-state index in [-0.39, 0.29) is 6.61 Å². The lowest BCUT2D eigenvalue weighted by atomic mass is 10.3. The monoisotopic (exact) mass is 305 g/mol. The zero-order valence-corrected chi connectivity index (χ0v) is 12.0. The highest BCUT2D eigenvalue weighted by molar-refractivity contribution is 6.37. The van der Waals surface area contributed by atoms with Crippen LogP contribution >= 0.6 is 23.2 Å². The van der Waals surface area contributed by atoms with Gasteiger partial charge in [0, 0.05) is 32.7 Å². The summed E-state index contributed by atoms with van der Waals surface area (Å²) >= 11 is 12.1. The zero-order chi connectivity index (χ0) is 13.8. The SMILES string of the molecule is NNc1nc(N2CCN(CCO)CC2)c(Cl)cc1Cl. The minimum Gasteiger partial charge on any atom is -0.395 e. The Hall–Kier alpha value is -0.790. The number of nitrogen functional groups attached to an aromatic ring is 1. The van der Waals surface area contributed by atoms with Crippen LogP contribution in [0.5, 0.6) is 0 Å². The summed E-state index contributed by atoms with van der Waals surface area (Å²) in [5.74, 6) is 6.46. The Bertz CT molecular complexity index is 437. The molecule has 1 aliphatic heterocycles. The molecule has 0 aromatic carbocycles. The number of hydrogen-bond donors (Lipinski definition) is 3. The minimum atomic E-state index is 0.182. The first-order chi connectivity index (χ1) is 9.15. The number of pyridine rings is 1. The number of nitrogens with zero attached hydrogens (tertiary/aromatic N) is 3. The molecule has 2 rings (SSSR count). The fourth-order valence-corrected chi connectivity index (χ4v) is 2.64. The third-order valence-electron chi connectivity index (χ3n) is 3.14. The predicted molar refractivity (Wildman–Crippen MR) is 77.8 cm³/mol. The third-order valence-corrected chi connectivity index (χ3v) is 3.70. The van der Waals surface area contributed by atoms with Gasteiger partial charge in [-0.05, 0) is 6.07 Å². The van der Waals surface area contributed by atoms with Crippen molar-refractivity contribution < 1.29 is 5.11 Å². The molecular formula is C11H17Cl2N5O. The molecule has 1 aromatic heterocycles. The lowest BCUT2D eigenvalue weighted by Crippen LogP contribution is -2.47. The number of aromatic nitrogens is 1. The quantitative estimate of drug-likeness (QED) is 0.564. The van der Waals surface area contributed by atoms with Gasteiger partial charge in [-0.2, -0.15) is 0 Å². The molecule has 1 fully saturated rings. The summed E-state index contributed by atoms with van der Waals surface area (Å²) in [6.07, 6.45) is 0. The fourth-order valence-electron chi connectivity index (χ4n) is 2.10. The average molecular weight is 306 g/mol. The van der Waals surface area contributed by atoms with Gasteiger partial charge in [0.2, 0.25) is 0 Å². The lowest BCUT2D eigenvalue weighted by molar-refractivity contribution is 0.188. The van der Waals surface area contributed by atoms with E-state index in [1.165, 1.54) is 0 Å². The van der Waals surface area contributed by atoms with Crippen molar-refractivity contribution in [1.29, 1.82) is 0 Å². The first kappa shape index (κ1) is 14.6. The molecule has 0 spiro atoms. The smallest absolute Gasteiger partial charge is 0.161 e. The molecule has 8 heteroatoms. The molecule has 2 heterocycles. The van der Waals surface area contributed by atoms with E-state index >= 15 is 0 Å². The van der Waals surface area contributed by atoms with E-state index in [1.54, 1.807) is 6.07 Å².